The second-order valence-electron chi connectivity index (χ2n) is 7.44. The van der Waals surface area contributed by atoms with E-state index >= 15 is 0 Å². The van der Waals surface area contributed by atoms with Gasteiger partial charge in [-0.2, -0.15) is 4.31 Å². The van der Waals surface area contributed by atoms with Crippen LogP contribution in [-0.2, 0) is 14.8 Å². The van der Waals surface area contributed by atoms with Crippen LogP contribution < -0.4 is 14.8 Å². The zero-order valence-corrected chi connectivity index (χ0v) is 18.2. The number of urea groups is 1. The summed E-state index contributed by atoms with van der Waals surface area (Å²) in [6.45, 7) is 0.990. The summed E-state index contributed by atoms with van der Waals surface area (Å²) in [5.74, 6) is 1.24. The molecule has 2 aromatic rings. The van der Waals surface area contributed by atoms with Gasteiger partial charge in [0.1, 0.15) is 11.5 Å². The van der Waals surface area contributed by atoms with Crippen molar-refractivity contribution in [1.29, 1.82) is 0 Å². The van der Waals surface area contributed by atoms with E-state index in [0.29, 0.717) is 30.3 Å². The van der Waals surface area contributed by atoms with Crippen molar-refractivity contribution in [2.24, 2.45) is 0 Å². The molecule has 0 radical (unpaired) electrons. The number of methoxy groups -OCH3 is 2. The van der Waals surface area contributed by atoms with Crippen LogP contribution >= 0.6 is 0 Å². The molecule has 0 aliphatic carbocycles. The van der Waals surface area contributed by atoms with Crippen molar-refractivity contribution in [2.45, 2.75) is 17.1 Å². The monoisotopic (exact) mass is 447 g/mol. The summed E-state index contributed by atoms with van der Waals surface area (Å²) in [7, 11) is -0.562. The summed E-state index contributed by atoms with van der Waals surface area (Å²) < 4.78 is 43.8. The Hall–Kier alpha value is -2.82. The number of benzene rings is 2. The minimum atomic E-state index is -3.66. The number of amides is 2. The van der Waals surface area contributed by atoms with E-state index in [1.807, 2.05) is 0 Å². The minimum Gasteiger partial charge on any atom is -0.497 e. The van der Waals surface area contributed by atoms with Crippen LogP contribution in [0.3, 0.4) is 0 Å². The molecule has 0 spiro atoms. The Morgan fingerprint density at radius 3 is 2.23 bits per heavy atom. The molecule has 2 bridgehead atoms. The Kier molecular flexibility index (Phi) is 6.03. The SMILES string of the molecule is COc1ccc(S(=O)(=O)N2CC3CN(C(=O)Nc4cccc(OC)c4)CC(C2)O3)cc1. The number of sulfonamides is 1. The molecule has 2 aromatic carbocycles. The lowest BCUT2D eigenvalue weighted by atomic mass is 10.1. The third kappa shape index (κ3) is 4.60. The van der Waals surface area contributed by atoms with Gasteiger partial charge in [-0.1, -0.05) is 6.07 Å². The number of nitrogens with one attached hydrogen (secondary N) is 1. The number of rotatable bonds is 5. The lowest BCUT2D eigenvalue weighted by Gasteiger charge is -2.45. The van der Waals surface area contributed by atoms with Gasteiger partial charge < -0.3 is 24.4 Å². The number of morpholine rings is 2. The summed E-state index contributed by atoms with van der Waals surface area (Å²) in [5.41, 5.74) is 0.629. The topological polar surface area (TPSA) is 97.4 Å². The molecule has 166 valence electrons. The van der Waals surface area contributed by atoms with Crippen LogP contribution in [-0.4, -0.2) is 76.3 Å². The van der Waals surface area contributed by atoms with Crippen LogP contribution in [0.5, 0.6) is 11.5 Å². The highest BCUT2D eigenvalue weighted by Crippen LogP contribution is 2.26. The molecule has 2 amide bonds. The highest BCUT2D eigenvalue weighted by atomic mass is 32.2. The average Bonchev–Trinajstić information content (AvgIpc) is 2.78. The largest absolute Gasteiger partial charge is 0.497 e. The van der Waals surface area contributed by atoms with Crippen molar-refractivity contribution in [3.05, 3.63) is 48.5 Å². The first kappa shape index (κ1) is 21.4. The maximum absolute atomic E-state index is 13.1. The number of ether oxygens (including phenoxy) is 3. The molecule has 2 fully saturated rings. The van der Waals surface area contributed by atoms with Gasteiger partial charge in [0.05, 0.1) is 44.4 Å². The number of fused-ring (bicyclic) bond motifs is 2. The normalized spacial score (nSPS) is 21.4. The molecular formula is C21H25N3O6S. The number of carbonyl (C=O) groups is 1. The van der Waals surface area contributed by atoms with Gasteiger partial charge in [0.15, 0.2) is 0 Å². The Morgan fingerprint density at radius 2 is 1.61 bits per heavy atom. The van der Waals surface area contributed by atoms with E-state index in [-0.39, 0.29) is 24.0 Å². The third-order valence-corrected chi connectivity index (χ3v) is 7.20. The Morgan fingerprint density at radius 1 is 0.968 bits per heavy atom. The lowest BCUT2D eigenvalue weighted by Crippen LogP contribution is -2.61. The van der Waals surface area contributed by atoms with E-state index in [4.69, 9.17) is 14.2 Å². The van der Waals surface area contributed by atoms with Crippen molar-refractivity contribution in [3.8, 4) is 11.5 Å². The molecule has 2 unspecified atom stereocenters. The van der Waals surface area contributed by atoms with Gasteiger partial charge in [-0.15, -0.1) is 0 Å². The molecule has 1 N–H and O–H groups in total. The minimum absolute atomic E-state index is 0.188. The van der Waals surface area contributed by atoms with Crippen LogP contribution in [0.4, 0.5) is 10.5 Å². The smallest absolute Gasteiger partial charge is 0.322 e. The Labute approximate surface area is 181 Å². The first-order valence-electron chi connectivity index (χ1n) is 9.88. The molecule has 2 atom stereocenters. The lowest BCUT2D eigenvalue weighted by molar-refractivity contribution is -0.110. The number of hydrogen-bond donors (Lipinski definition) is 1. The Bertz CT molecular complexity index is 1030. The highest BCUT2D eigenvalue weighted by molar-refractivity contribution is 7.89. The Balaban J connectivity index is 1.42. The van der Waals surface area contributed by atoms with Gasteiger partial charge in [-0.3, -0.25) is 0 Å². The molecule has 2 aliphatic heterocycles. The van der Waals surface area contributed by atoms with Crippen LogP contribution in [0.25, 0.3) is 0 Å². The molecule has 10 heteroatoms. The summed E-state index contributed by atoms with van der Waals surface area (Å²) >= 11 is 0. The molecule has 0 saturated carbocycles. The van der Waals surface area contributed by atoms with Crippen LogP contribution in [0.2, 0.25) is 0 Å². The summed E-state index contributed by atoms with van der Waals surface area (Å²) in [5, 5.41) is 2.86. The predicted octanol–water partition coefficient (Wildman–Crippen LogP) is 2.01. The quantitative estimate of drug-likeness (QED) is 0.753. The fourth-order valence-corrected chi connectivity index (χ4v) is 5.32. The maximum Gasteiger partial charge on any atom is 0.322 e. The highest BCUT2D eigenvalue weighted by Gasteiger charge is 2.41. The van der Waals surface area contributed by atoms with E-state index in [9.17, 15) is 13.2 Å². The molecule has 0 aromatic heterocycles. The van der Waals surface area contributed by atoms with E-state index < -0.39 is 22.2 Å². The molecule has 4 rings (SSSR count). The average molecular weight is 448 g/mol. The third-order valence-electron chi connectivity index (χ3n) is 5.35. The number of anilines is 1. The molecule has 2 saturated heterocycles. The summed E-state index contributed by atoms with van der Waals surface area (Å²) in [4.78, 5) is 14.6. The van der Waals surface area contributed by atoms with Gasteiger partial charge in [0.2, 0.25) is 10.0 Å². The van der Waals surface area contributed by atoms with E-state index in [1.165, 1.54) is 23.5 Å². The first-order valence-corrected chi connectivity index (χ1v) is 11.3. The standard InChI is InChI=1S/C21H25N3O6S/c1-28-16-6-8-20(9-7-16)31(26,27)24-13-18-11-23(12-19(14-24)30-18)21(25)22-15-4-3-5-17(10-15)29-2/h3-10,18-19H,11-14H2,1-2H3,(H,22,25). The van der Waals surface area contributed by atoms with E-state index in [2.05, 4.69) is 5.32 Å². The van der Waals surface area contributed by atoms with Gasteiger partial charge in [-0.05, 0) is 36.4 Å². The first-order chi connectivity index (χ1) is 14.9. The maximum atomic E-state index is 13.1. The van der Waals surface area contributed by atoms with Gasteiger partial charge in [0.25, 0.3) is 0 Å². The second-order valence-corrected chi connectivity index (χ2v) is 9.38. The predicted molar refractivity (Wildman–Crippen MR) is 114 cm³/mol. The fraction of sp³-hybridized carbons (Fsp3) is 0.381. The van der Waals surface area contributed by atoms with Crippen LogP contribution in [0, 0.1) is 0 Å². The zero-order valence-electron chi connectivity index (χ0n) is 17.4. The van der Waals surface area contributed by atoms with Crippen LogP contribution in [0.1, 0.15) is 0 Å². The fourth-order valence-electron chi connectivity index (χ4n) is 3.82. The van der Waals surface area contributed by atoms with E-state index in [0.717, 1.165) is 0 Å². The van der Waals surface area contributed by atoms with Gasteiger partial charge in [-0.25, -0.2) is 13.2 Å². The second kappa shape index (κ2) is 8.74. The molecular weight excluding hydrogens is 422 g/mol. The van der Waals surface area contributed by atoms with Gasteiger partial charge >= 0.3 is 6.03 Å². The van der Waals surface area contributed by atoms with Crippen LogP contribution in [0.15, 0.2) is 53.4 Å². The molecule has 9 nitrogen and oxygen atoms in total. The molecule has 2 heterocycles. The molecule has 2 aliphatic rings. The van der Waals surface area contributed by atoms with Crippen molar-refractivity contribution < 1.29 is 27.4 Å². The van der Waals surface area contributed by atoms with Crippen molar-refractivity contribution in [3.63, 3.8) is 0 Å². The summed E-state index contributed by atoms with van der Waals surface area (Å²) in [6.07, 6.45) is -0.784. The van der Waals surface area contributed by atoms with Crippen molar-refractivity contribution >= 4 is 21.7 Å². The zero-order chi connectivity index (χ0) is 22.0. The number of carbonyl (C=O) groups excluding carboxylic acids is 1. The van der Waals surface area contributed by atoms with Crippen molar-refractivity contribution in [1.82, 2.24) is 9.21 Å². The summed E-state index contributed by atoms with van der Waals surface area (Å²) in [6, 6.07) is 13.2. The number of nitrogens with zero attached hydrogens (tertiary/aromatic N) is 2. The molecule has 31 heavy (non-hydrogen) atoms. The van der Waals surface area contributed by atoms with Crippen molar-refractivity contribution in [2.75, 3.05) is 45.7 Å². The van der Waals surface area contributed by atoms with E-state index in [1.54, 1.807) is 48.4 Å². The van der Waals surface area contributed by atoms with Gasteiger partial charge in [0, 0.05) is 24.8 Å². The number of hydrogen-bond acceptors (Lipinski definition) is 6.